The summed E-state index contributed by atoms with van der Waals surface area (Å²) in [5.41, 5.74) is 2.87. The van der Waals surface area contributed by atoms with Crippen molar-refractivity contribution in [1.82, 2.24) is 0 Å². The first-order valence-electron chi connectivity index (χ1n) is 5.73. The maximum Gasteiger partial charge on any atom is 0.227 e. The van der Waals surface area contributed by atoms with Gasteiger partial charge in [-0.2, -0.15) is 0 Å². The lowest BCUT2D eigenvalue weighted by Gasteiger charge is -2.16. The Kier molecular flexibility index (Phi) is 3.46. The van der Waals surface area contributed by atoms with Crippen molar-refractivity contribution in [3.8, 4) is 11.8 Å². The molecule has 1 amide bonds. The van der Waals surface area contributed by atoms with Gasteiger partial charge in [0.25, 0.3) is 0 Å². The Morgan fingerprint density at radius 1 is 1.47 bits per heavy atom. The summed E-state index contributed by atoms with van der Waals surface area (Å²) >= 11 is 0. The van der Waals surface area contributed by atoms with Gasteiger partial charge < -0.3 is 10.0 Å². The summed E-state index contributed by atoms with van der Waals surface area (Å²) in [5.74, 6) is 5.71. The number of carbonyl (C=O) groups excluding carboxylic acids is 1. The maximum absolute atomic E-state index is 11.6. The molecule has 0 atom stereocenters. The highest BCUT2D eigenvalue weighted by molar-refractivity contribution is 5.95. The third-order valence-corrected chi connectivity index (χ3v) is 2.90. The first-order chi connectivity index (χ1) is 8.22. The van der Waals surface area contributed by atoms with Crippen molar-refractivity contribution in [2.24, 2.45) is 0 Å². The number of aliphatic hydroxyl groups excluding tert-OH is 1. The molecule has 0 aromatic heterocycles. The summed E-state index contributed by atoms with van der Waals surface area (Å²) in [6.45, 7) is 2.64. The summed E-state index contributed by atoms with van der Waals surface area (Å²) in [4.78, 5) is 13.4. The van der Waals surface area contributed by atoms with Crippen LogP contribution in [-0.4, -0.2) is 24.2 Å². The number of hydrogen-bond acceptors (Lipinski definition) is 2. The highest BCUT2D eigenvalue weighted by atomic mass is 16.2. The standard InChI is InChI=1S/C14H15NO2/c1-11-10-13(15-8-2-5-14(15)17)7-6-12(11)4-3-9-16/h6-7,10,16H,2,5,8-9H2,1H3. The zero-order valence-electron chi connectivity index (χ0n) is 9.86. The zero-order chi connectivity index (χ0) is 12.3. The van der Waals surface area contributed by atoms with Crippen molar-refractivity contribution in [1.29, 1.82) is 0 Å². The third-order valence-electron chi connectivity index (χ3n) is 2.90. The number of benzene rings is 1. The molecule has 0 unspecified atom stereocenters. The van der Waals surface area contributed by atoms with Crippen molar-refractivity contribution < 1.29 is 9.90 Å². The van der Waals surface area contributed by atoms with Crippen molar-refractivity contribution in [2.75, 3.05) is 18.1 Å². The van der Waals surface area contributed by atoms with E-state index in [-0.39, 0.29) is 12.5 Å². The lowest BCUT2D eigenvalue weighted by atomic mass is 10.1. The zero-order valence-corrected chi connectivity index (χ0v) is 9.86. The number of rotatable bonds is 1. The van der Waals surface area contributed by atoms with Gasteiger partial charge in [-0.25, -0.2) is 0 Å². The Morgan fingerprint density at radius 2 is 2.29 bits per heavy atom. The first kappa shape index (κ1) is 11.7. The lowest BCUT2D eigenvalue weighted by molar-refractivity contribution is -0.117. The molecule has 1 aromatic rings. The Hall–Kier alpha value is -1.79. The average Bonchev–Trinajstić information content (AvgIpc) is 2.74. The topological polar surface area (TPSA) is 40.5 Å². The van der Waals surface area contributed by atoms with Crippen LogP contribution in [0.2, 0.25) is 0 Å². The van der Waals surface area contributed by atoms with Crippen LogP contribution in [0, 0.1) is 18.8 Å². The molecule has 1 heterocycles. The Bertz CT molecular complexity index is 497. The van der Waals surface area contributed by atoms with Gasteiger partial charge in [0.1, 0.15) is 6.61 Å². The Labute approximate surface area is 101 Å². The molecule has 17 heavy (non-hydrogen) atoms. The molecule has 2 rings (SSSR count). The smallest absolute Gasteiger partial charge is 0.227 e. The number of carbonyl (C=O) groups is 1. The Balaban J connectivity index is 2.27. The third kappa shape index (κ3) is 2.48. The molecule has 0 radical (unpaired) electrons. The second-order valence-electron chi connectivity index (χ2n) is 4.11. The molecule has 1 aromatic carbocycles. The molecule has 0 spiro atoms. The molecule has 1 N–H and O–H groups in total. The first-order valence-corrected chi connectivity index (χ1v) is 5.73. The number of hydrogen-bond donors (Lipinski definition) is 1. The predicted octanol–water partition coefficient (Wildman–Crippen LogP) is 1.47. The minimum absolute atomic E-state index is 0.133. The van der Waals surface area contributed by atoms with Crippen LogP contribution in [0.4, 0.5) is 5.69 Å². The van der Waals surface area contributed by atoms with Crippen molar-refractivity contribution in [3.05, 3.63) is 29.3 Å². The normalized spacial score (nSPS) is 14.7. The van der Waals surface area contributed by atoms with Gasteiger partial charge in [0.2, 0.25) is 5.91 Å². The van der Waals surface area contributed by atoms with Gasteiger partial charge in [-0.15, -0.1) is 0 Å². The predicted molar refractivity (Wildman–Crippen MR) is 66.7 cm³/mol. The number of aryl methyl sites for hydroxylation is 1. The van der Waals surface area contributed by atoms with Gasteiger partial charge in [0.15, 0.2) is 0 Å². The fourth-order valence-electron chi connectivity index (χ4n) is 2.01. The number of nitrogens with zero attached hydrogens (tertiary/aromatic N) is 1. The number of anilines is 1. The van der Waals surface area contributed by atoms with Crippen LogP contribution in [0.1, 0.15) is 24.0 Å². The molecule has 1 fully saturated rings. The summed E-state index contributed by atoms with van der Waals surface area (Å²) in [6.07, 6.45) is 1.58. The molecule has 0 aliphatic carbocycles. The highest BCUT2D eigenvalue weighted by Gasteiger charge is 2.21. The fraction of sp³-hybridized carbons (Fsp3) is 0.357. The second kappa shape index (κ2) is 5.03. The van der Waals surface area contributed by atoms with E-state index in [0.29, 0.717) is 6.42 Å². The summed E-state index contributed by atoms with van der Waals surface area (Å²) in [7, 11) is 0. The molecular formula is C14H15NO2. The summed E-state index contributed by atoms with van der Waals surface area (Å²) in [6, 6.07) is 5.79. The molecule has 0 saturated carbocycles. The van der Waals surface area contributed by atoms with E-state index in [1.165, 1.54) is 0 Å². The van der Waals surface area contributed by atoms with E-state index >= 15 is 0 Å². The van der Waals surface area contributed by atoms with Crippen LogP contribution in [0.3, 0.4) is 0 Å². The van der Waals surface area contributed by atoms with E-state index in [0.717, 1.165) is 29.8 Å². The molecule has 1 aliphatic heterocycles. The Morgan fingerprint density at radius 3 is 2.88 bits per heavy atom. The van der Waals surface area contributed by atoms with Crippen LogP contribution in [0.5, 0.6) is 0 Å². The molecule has 3 nitrogen and oxygen atoms in total. The van der Waals surface area contributed by atoms with Crippen LogP contribution in [-0.2, 0) is 4.79 Å². The van der Waals surface area contributed by atoms with Crippen LogP contribution in [0.25, 0.3) is 0 Å². The number of amides is 1. The minimum Gasteiger partial charge on any atom is -0.384 e. The van der Waals surface area contributed by atoms with E-state index < -0.39 is 0 Å². The average molecular weight is 229 g/mol. The summed E-state index contributed by atoms with van der Waals surface area (Å²) < 4.78 is 0. The van der Waals surface area contributed by atoms with Gasteiger partial charge in [-0.3, -0.25) is 4.79 Å². The second-order valence-corrected chi connectivity index (χ2v) is 4.11. The van der Waals surface area contributed by atoms with Crippen molar-refractivity contribution in [3.63, 3.8) is 0 Å². The van der Waals surface area contributed by atoms with E-state index in [2.05, 4.69) is 11.8 Å². The van der Waals surface area contributed by atoms with E-state index in [1.54, 1.807) is 0 Å². The van der Waals surface area contributed by atoms with Gasteiger partial charge in [-0.05, 0) is 37.1 Å². The van der Waals surface area contributed by atoms with Gasteiger partial charge in [-0.1, -0.05) is 11.8 Å². The summed E-state index contributed by atoms with van der Waals surface area (Å²) in [5, 5.41) is 8.65. The van der Waals surface area contributed by atoms with Crippen LogP contribution >= 0.6 is 0 Å². The molecule has 1 saturated heterocycles. The fourth-order valence-corrected chi connectivity index (χ4v) is 2.01. The van der Waals surface area contributed by atoms with Gasteiger partial charge in [0.05, 0.1) is 0 Å². The van der Waals surface area contributed by atoms with Gasteiger partial charge in [0, 0.05) is 24.2 Å². The van der Waals surface area contributed by atoms with E-state index in [4.69, 9.17) is 5.11 Å². The van der Waals surface area contributed by atoms with E-state index in [1.807, 2.05) is 30.0 Å². The molecule has 88 valence electrons. The van der Waals surface area contributed by atoms with Gasteiger partial charge >= 0.3 is 0 Å². The largest absolute Gasteiger partial charge is 0.384 e. The van der Waals surface area contributed by atoms with E-state index in [9.17, 15) is 4.79 Å². The minimum atomic E-state index is -0.133. The molecule has 0 bridgehead atoms. The van der Waals surface area contributed by atoms with Crippen molar-refractivity contribution >= 4 is 11.6 Å². The monoisotopic (exact) mass is 229 g/mol. The molecule has 3 heteroatoms. The van der Waals surface area contributed by atoms with Crippen LogP contribution < -0.4 is 4.90 Å². The quantitative estimate of drug-likeness (QED) is 0.741. The molecular weight excluding hydrogens is 214 g/mol. The lowest BCUT2D eigenvalue weighted by Crippen LogP contribution is -2.23. The van der Waals surface area contributed by atoms with Crippen molar-refractivity contribution in [2.45, 2.75) is 19.8 Å². The number of aliphatic hydroxyl groups is 1. The van der Waals surface area contributed by atoms with Crippen LogP contribution in [0.15, 0.2) is 18.2 Å². The maximum atomic E-state index is 11.6. The molecule has 1 aliphatic rings. The SMILES string of the molecule is Cc1cc(N2CCCC2=O)ccc1C#CCO. The highest BCUT2D eigenvalue weighted by Crippen LogP contribution is 2.23.